The minimum atomic E-state index is -0.516. The van der Waals surface area contributed by atoms with E-state index in [4.69, 9.17) is 9.15 Å². The average Bonchev–Trinajstić information content (AvgIpc) is 3.25. The Bertz CT molecular complexity index is 767. The van der Waals surface area contributed by atoms with E-state index in [1.54, 1.807) is 4.90 Å². The lowest BCUT2D eigenvalue weighted by molar-refractivity contribution is -0.117. The maximum atomic E-state index is 12.3. The summed E-state index contributed by atoms with van der Waals surface area (Å²) in [6.45, 7) is 8.67. The summed E-state index contributed by atoms with van der Waals surface area (Å²) in [6, 6.07) is 0.217. The normalized spacial score (nSPS) is 21.0. The molecular weight excluding hydrogens is 396 g/mol. The predicted octanol–water partition coefficient (Wildman–Crippen LogP) is 2.82. The molecule has 29 heavy (non-hydrogen) atoms. The summed E-state index contributed by atoms with van der Waals surface area (Å²) in [4.78, 5) is 38.8. The van der Waals surface area contributed by atoms with Crippen LogP contribution >= 0.6 is 11.8 Å². The van der Waals surface area contributed by atoms with Gasteiger partial charge in [-0.05, 0) is 39.5 Å². The van der Waals surface area contributed by atoms with Crippen LogP contribution in [0.3, 0.4) is 0 Å². The van der Waals surface area contributed by atoms with Crippen molar-refractivity contribution in [2.45, 2.75) is 58.5 Å². The van der Waals surface area contributed by atoms with Crippen LogP contribution in [0.2, 0.25) is 0 Å². The molecule has 1 atom stereocenters. The number of carbonyl (C=O) groups is 3. The van der Waals surface area contributed by atoms with Crippen molar-refractivity contribution >= 4 is 34.9 Å². The third kappa shape index (κ3) is 5.71. The number of hydrogen-bond acceptors (Lipinski definition) is 8. The van der Waals surface area contributed by atoms with Crippen LogP contribution < -0.4 is 4.90 Å². The maximum absolute atomic E-state index is 12.3. The lowest BCUT2D eigenvalue weighted by atomic mass is 9.97. The van der Waals surface area contributed by atoms with Crippen molar-refractivity contribution in [2.24, 2.45) is 5.92 Å². The van der Waals surface area contributed by atoms with Crippen molar-refractivity contribution in [3.05, 3.63) is 5.89 Å². The zero-order valence-electron chi connectivity index (χ0n) is 17.3. The van der Waals surface area contributed by atoms with Gasteiger partial charge in [0.05, 0.1) is 0 Å². The third-order valence-electron chi connectivity index (χ3n) is 4.88. The van der Waals surface area contributed by atoms with E-state index in [-0.39, 0.29) is 35.0 Å². The highest BCUT2D eigenvalue weighted by atomic mass is 32.2. The average molecular weight is 425 g/mol. The Morgan fingerprint density at radius 2 is 1.93 bits per heavy atom. The molecule has 10 heteroatoms. The van der Waals surface area contributed by atoms with E-state index in [2.05, 4.69) is 10.2 Å². The van der Waals surface area contributed by atoms with Crippen LogP contribution in [0.1, 0.15) is 58.8 Å². The summed E-state index contributed by atoms with van der Waals surface area (Å²) in [5.74, 6) is 1.20. The molecule has 3 heterocycles. The molecular formula is C19H28N4O5S. The maximum Gasteiger partial charge on any atom is 0.410 e. The highest BCUT2D eigenvalue weighted by Crippen LogP contribution is 2.32. The molecule has 0 bridgehead atoms. The van der Waals surface area contributed by atoms with Crippen LogP contribution in [0.15, 0.2) is 4.42 Å². The number of likely N-dealkylation sites (tertiary alicyclic amines) is 1. The Kier molecular flexibility index (Phi) is 6.50. The number of thioether (sulfide) groups is 1. The first-order chi connectivity index (χ1) is 13.6. The first kappa shape index (κ1) is 21.6. The SMILES string of the molecule is CC(=O)SCC1CC(=O)N(c2nnc(C3CCN(C(=O)OC(C)(C)C)CC3)o2)C1. The lowest BCUT2D eigenvalue weighted by Gasteiger charge is -2.32. The molecule has 9 nitrogen and oxygen atoms in total. The van der Waals surface area contributed by atoms with Gasteiger partial charge in [0, 0.05) is 44.6 Å². The fourth-order valence-corrected chi connectivity index (χ4v) is 4.14. The molecule has 2 saturated heterocycles. The van der Waals surface area contributed by atoms with E-state index in [1.165, 1.54) is 23.6 Å². The minimum Gasteiger partial charge on any atom is -0.444 e. The topological polar surface area (TPSA) is 106 Å². The summed E-state index contributed by atoms with van der Waals surface area (Å²) in [5.41, 5.74) is -0.516. The number of hydrogen-bond donors (Lipinski definition) is 0. The quantitative estimate of drug-likeness (QED) is 0.726. The zero-order valence-corrected chi connectivity index (χ0v) is 18.2. The largest absolute Gasteiger partial charge is 0.444 e. The predicted molar refractivity (Wildman–Crippen MR) is 108 cm³/mol. The van der Waals surface area contributed by atoms with E-state index in [0.29, 0.717) is 50.5 Å². The zero-order chi connectivity index (χ0) is 21.2. The molecule has 1 aromatic rings. The van der Waals surface area contributed by atoms with Crippen molar-refractivity contribution in [3.63, 3.8) is 0 Å². The van der Waals surface area contributed by atoms with Crippen LogP contribution in [0.25, 0.3) is 0 Å². The molecule has 2 aliphatic heterocycles. The lowest BCUT2D eigenvalue weighted by Crippen LogP contribution is -2.41. The van der Waals surface area contributed by atoms with Crippen LogP contribution in [0.5, 0.6) is 0 Å². The number of amides is 2. The molecule has 0 N–H and O–H groups in total. The van der Waals surface area contributed by atoms with Gasteiger partial charge in [-0.2, -0.15) is 0 Å². The molecule has 1 aromatic heterocycles. The van der Waals surface area contributed by atoms with E-state index in [0.717, 1.165) is 0 Å². The summed E-state index contributed by atoms with van der Waals surface area (Å²) >= 11 is 1.23. The number of rotatable bonds is 4. The number of nitrogens with zero attached hydrogens (tertiary/aromatic N) is 4. The minimum absolute atomic E-state index is 0.0497. The van der Waals surface area contributed by atoms with E-state index in [1.807, 2.05) is 20.8 Å². The molecule has 160 valence electrons. The van der Waals surface area contributed by atoms with Gasteiger partial charge in [0.2, 0.25) is 11.8 Å². The van der Waals surface area contributed by atoms with Gasteiger partial charge in [-0.15, -0.1) is 5.10 Å². The molecule has 2 fully saturated rings. The Morgan fingerprint density at radius 3 is 2.55 bits per heavy atom. The molecule has 0 radical (unpaired) electrons. The van der Waals surface area contributed by atoms with Crippen molar-refractivity contribution in [1.82, 2.24) is 15.1 Å². The smallest absolute Gasteiger partial charge is 0.410 e. The number of ether oxygens (including phenoxy) is 1. The van der Waals surface area contributed by atoms with E-state index >= 15 is 0 Å². The van der Waals surface area contributed by atoms with Crippen molar-refractivity contribution in [1.29, 1.82) is 0 Å². The Balaban J connectivity index is 1.54. The van der Waals surface area contributed by atoms with E-state index in [9.17, 15) is 14.4 Å². The highest BCUT2D eigenvalue weighted by molar-refractivity contribution is 8.13. The number of aromatic nitrogens is 2. The summed E-state index contributed by atoms with van der Waals surface area (Å²) in [6.07, 6.45) is 1.48. The Morgan fingerprint density at radius 1 is 1.24 bits per heavy atom. The molecule has 2 aliphatic rings. The van der Waals surface area contributed by atoms with Gasteiger partial charge in [-0.25, -0.2) is 4.79 Å². The fraction of sp³-hybridized carbons (Fsp3) is 0.737. The number of anilines is 1. The third-order valence-corrected chi connectivity index (χ3v) is 5.93. The Hall–Kier alpha value is -2.10. The first-order valence-corrected chi connectivity index (χ1v) is 10.9. The standard InChI is InChI=1S/C19H28N4O5S/c1-12(24)29-11-13-9-15(25)23(10-13)17-21-20-16(27-17)14-5-7-22(8-6-14)18(26)28-19(2,3)4/h13-14H,5-11H2,1-4H3. The fourth-order valence-electron chi connectivity index (χ4n) is 3.45. The number of carbonyl (C=O) groups excluding carboxylic acids is 3. The van der Waals surface area contributed by atoms with Crippen LogP contribution in [-0.2, 0) is 14.3 Å². The van der Waals surface area contributed by atoms with Gasteiger partial charge in [-0.1, -0.05) is 16.9 Å². The van der Waals surface area contributed by atoms with Gasteiger partial charge in [-0.3, -0.25) is 14.5 Å². The second kappa shape index (κ2) is 8.73. The van der Waals surface area contributed by atoms with Crippen LogP contribution in [0.4, 0.5) is 10.8 Å². The summed E-state index contributed by atoms with van der Waals surface area (Å²) in [7, 11) is 0. The first-order valence-electron chi connectivity index (χ1n) is 9.87. The van der Waals surface area contributed by atoms with Gasteiger partial charge in [0.15, 0.2) is 5.12 Å². The van der Waals surface area contributed by atoms with Crippen molar-refractivity contribution in [2.75, 3.05) is 30.3 Å². The summed E-state index contributed by atoms with van der Waals surface area (Å²) < 4.78 is 11.2. The van der Waals surface area contributed by atoms with E-state index < -0.39 is 5.60 Å². The Labute approximate surface area is 174 Å². The van der Waals surface area contributed by atoms with Crippen LogP contribution in [-0.4, -0.2) is 63.2 Å². The van der Waals surface area contributed by atoms with Crippen molar-refractivity contribution in [3.8, 4) is 0 Å². The van der Waals surface area contributed by atoms with Crippen molar-refractivity contribution < 1.29 is 23.5 Å². The number of piperidine rings is 1. The van der Waals surface area contributed by atoms with Gasteiger partial charge >= 0.3 is 12.1 Å². The molecule has 0 spiro atoms. The molecule has 2 amide bonds. The molecule has 0 saturated carbocycles. The van der Waals surface area contributed by atoms with Gasteiger partial charge < -0.3 is 14.1 Å². The second-order valence-corrected chi connectivity index (χ2v) is 9.74. The molecule has 0 aliphatic carbocycles. The summed E-state index contributed by atoms with van der Waals surface area (Å²) in [5, 5.41) is 8.26. The monoisotopic (exact) mass is 424 g/mol. The molecule has 3 rings (SSSR count). The molecule has 0 aromatic carbocycles. The van der Waals surface area contributed by atoms with Crippen LogP contribution in [0, 0.1) is 5.92 Å². The van der Waals surface area contributed by atoms with Gasteiger partial charge in [0.1, 0.15) is 5.60 Å². The second-order valence-electron chi connectivity index (χ2n) is 8.54. The highest BCUT2D eigenvalue weighted by Gasteiger charge is 2.35. The molecule has 1 unspecified atom stereocenters. The van der Waals surface area contributed by atoms with Gasteiger partial charge in [0.25, 0.3) is 0 Å².